The minimum atomic E-state index is -4.47. The normalized spacial score (nSPS) is 13.8. The van der Waals surface area contributed by atoms with E-state index in [2.05, 4.69) is 13.8 Å². The Morgan fingerprint density at radius 1 is 0.529 bits per heavy atom. The lowest BCUT2D eigenvalue weighted by Gasteiger charge is -2.25. The largest absolute Gasteiger partial charge is 0.473 e. The van der Waals surface area contributed by atoms with Crippen molar-refractivity contribution in [2.75, 3.05) is 34.3 Å². The van der Waals surface area contributed by atoms with E-state index >= 15 is 0 Å². The monoisotopic (exact) mass is 745 g/mol. The third-order valence-corrected chi connectivity index (χ3v) is 11.2. The Hall–Kier alpha value is -0.590. The molecule has 2 unspecified atom stereocenters. The van der Waals surface area contributed by atoms with E-state index in [1.807, 2.05) is 21.1 Å². The van der Waals surface area contributed by atoms with Crippen molar-refractivity contribution in [3.8, 4) is 0 Å². The summed E-state index contributed by atoms with van der Waals surface area (Å²) in [6.45, 7) is 5.08. The Morgan fingerprint density at radius 2 is 0.843 bits per heavy atom. The molecule has 0 aliphatic rings. The molecule has 0 aromatic carbocycles. The molecule has 0 fully saturated rings. The van der Waals surface area contributed by atoms with E-state index in [1.165, 1.54) is 154 Å². The molecule has 0 rings (SSSR count). The van der Waals surface area contributed by atoms with Crippen LogP contribution in [0.4, 0.5) is 0 Å². The average molecular weight is 745 g/mol. The molecule has 7 nitrogen and oxygen atoms in total. The van der Waals surface area contributed by atoms with Crippen molar-refractivity contribution in [1.82, 2.24) is 0 Å². The summed E-state index contributed by atoms with van der Waals surface area (Å²) in [5.74, 6) is -0.343. The Kier molecular flexibility index (Phi) is 34.7. The first-order valence-electron chi connectivity index (χ1n) is 22.0. The molecule has 0 aliphatic carbocycles. The standard InChI is InChI=1S/C43H86NO6P/c1-6-8-10-12-14-16-18-20-22-24-26-28-30-32-34-36-41(45)40-43(50-51(47,48)49-39-38-44(3,4)5)42(46)37-35-33-31-29-27-25-23-21-19-17-15-13-11-9-7-2/h43H,6-40H2,1-5H3/p+1. The van der Waals surface area contributed by atoms with Crippen molar-refractivity contribution >= 4 is 19.4 Å². The van der Waals surface area contributed by atoms with Crippen LogP contribution in [0.25, 0.3) is 0 Å². The minimum Gasteiger partial charge on any atom is -0.329 e. The number of phosphoric ester groups is 1. The number of Topliss-reactive ketones (excluding diaryl/α,β-unsaturated/α-hetero) is 2. The number of carbonyl (C=O) groups excluding carboxylic acids is 2. The van der Waals surface area contributed by atoms with Crippen LogP contribution in [0.3, 0.4) is 0 Å². The third-order valence-electron chi connectivity index (χ3n) is 10.1. The minimum absolute atomic E-state index is 0.0321. The van der Waals surface area contributed by atoms with Crippen LogP contribution in [0.1, 0.15) is 226 Å². The van der Waals surface area contributed by atoms with Gasteiger partial charge < -0.3 is 9.38 Å². The lowest BCUT2D eigenvalue weighted by Crippen LogP contribution is -2.37. The summed E-state index contributed by atoms with van der Waals surface area (Å²) in [6.07, 6.45) is 36.9. The summed E-state index contributed by atoms with van der Waals surface area (Å²) in [6, 6.07) is 0. The van der Waals surface area contributed by atoms with Crippen LogP contribution in [-0.2, 0) is 23.2 Å². The highest BCUT2D eigenvalue weighted by Gasteiger charge is 2.32. The maximum absolute atomic E-state index is 13.2. The SMILES string of the molecule is CCCCCCCCCCCCCCCCCC(=O)CC(OP(=O)(O)OCC[N+](C)(C)C)C(=O)CCCCCCCCCCCCCCCCC. The van der Waals surface area contributed by atoms with Gasteiger partial charge in [-0.1, -0.05) is 194 Å². The van der Waals surface area contributed by atoms with Crippen LogP contribution in [0, 0.1) is 0 Å². The Bertz CT molecular complexity index is 845. The van der Waals surface area contributed by atoms with Gasteiger partial charge in [-0.3, -0.25) is 18.6 Å². The second-order valence-electron chi connectivity index (χ2n) is 16.5. The third kappa shape index (κ3) is 37.5. The zero-order valence-corrected chi connectivity index (χ0v) is 35.6. The molecule has 0 aromatic rings. The molecule has 0 heterocycles. The van der Waals surface area contributed by atoms with Gasteiger partial charge in [0.2, 0.25) is 0 Å². The van der Waals surface area contributed by atoms with Crippen molar-refractivity contribution in [1.29, 1.82) is 0 Å². The number of ketones is 2. The quantitative estimate of drug-likeness (QED) is 0.0381. The predicted molar refractivity (Wildman–Crippen MR) is 217 cm³/mol. The van der Waals surface area contributed by atoms with E-state index < -0.39 is 13.9 Å². The van der Waals surface area contributed by atoms with E-state index in [9.17, 15) is 19.0 Å². The second kappa shape index (κ2) is 35.1. The molecule has 51 heavy (non-hydrogen) atoms. The van der Waals surface area contributed by atoms with E-state index in [-0.39, 0.29) is 31.0 Å². The topological polar surface area (TPSA) is 89.9 Å². The van der Waals surface area contributed by atoms with Gasteiger partial charge in [0.25, 0.3) is 0 Å². The molecule has 0 spiro atoms. The molecule has 0 bridgehead atoms. The van der Waals surface area contributed by atoms with E-state index in [0.717, 1.165) is 32.1 Å². The van der Waals surface area contributed by atoms with Gasteiger partial charge in [0, 0.05) is 19.3 Å². The van der Waals surface area contributed by atoms with Crippen molar-refractivity contribution in [2.45, 2.75) is 232 Å². The Balaban J connectivity index is 4.33. The summed E-state index contributed by atoms with van der Waals surface area (Å²) >= 11 is 0. The van der Waals surface area contributed by atoms with Crippen molar-refractivity contribution < 1.29 is 32.6 Å². The van der Waals surface area contributed by atoms with Gasteiger partial charge >= 0.3 is 7.82 Å². The number of rotatable bonds is 41. The fourth-order valence-electron chi connectivity index (χ4n) is 6.67. The number of quaternary nitrogens is 1. The Labute approximate surface area is 317 Å². The predicted octanol–water partition coefficient (Wildman–Crippen LogP) is 13.2. The molecule has 0 amide bonds. The summed E-state index contributed by atoms with van der Waals surface area (Å²) < 4.78 is 23.9. The number of hydrogen-bond donors (Lipinski definition) is 1. The molecule has 0 aromatic heterocycles. The van der Waals surface area contributed by atoms with E-state index in [1.54, 1.807) is 0 Å². The van der Waals surface area contributed by atoms with Crippen LogP contribution < -0.4 is 0 Å². The van der Waals surface area contributed by atoms with Crippen LogP contribution in [0.2, 0.25) is 0 Å². The fraction of sp³-hybridized carbons (Fsp3) is 0.953. The van der Waals surface area contributed by atoms with Gasteiger partial charge in [-0.15, -0.1) is 0 Å². The molecule has 0 saturated carbocycles. The highest BCUT2D eigenvalue weighted by atomic mass is 31.2. The molecule has 0 aliphatic heterocycles. The van der Waals surface area contributed by atoms with Crippen LogP contribution in [-0.4, -0.2) is 61.3 Å². The highest BCUT2D eigenvalue weighted by molar-refractivity contribution is 7.47. The van der Waals surface area contributed by atoms with Crippen molar-refractivity contribution in [3.63, 3.8) is 0 Å². The highest BCUT2D eigenvalue weighted by Crippen LogP contribution is 2.45. The zero-order valence-electron chi connectivity index (χ0n) is 34.7. The summed E-state index contributed by atoms with van der Waals surface area (Å²) in [7, 11) is 1.43. The number of phosphoric acid groups is 1. The van der Waals surface area contributed by atoms with Gasteiger partial charge in [0.05, 0.1) is 21.1 Å². The number of carbonyl (C=O) groups is 2. The Morgan fingerprint density at radius 3 is 1.18 bits per heavy atom. The lowest BCUT2D eigenvalue weighted by molar-refractivity contribution is -0.870. The molecule has 0 radical (unpaired) electrons. The molecule has 2 atom stereocenters. The molecule has 8 heteroatoms. The van der Waals surface area contributed by atoms with Gasteiger partial charge in [-0.25, -0.2) is 4.57 Å². The first kappa shape index (κ1) is 50.4. The summed E-state index contributed by atoms with van der Waals surface area (Å²) in [4.78, 5) is 36.5. The number of nitrogens with zero attached hydrogens (tertiary/aromatic N) is 1. The molecule has 0 saturated heterocycles. The first-order chi connectivity index (χ1) is 24.5. The van der Waals surface area contributed by atoms with Gasteiger partial charge in [0.1, 0.15) is 25.0 Å². The van der Waals surface area contributed by atoms with Gasteiger partial charge in [-0.05, 0) is 12.8 Å². The molecule has 304 valence electrons. The van der Waals surface area contributed by atoms with Gasteiger partial charge in [0.15, 0.2) is 5.78 Å². The maximum Gasteiger partial charge on any atom is 0.473 e. The van der Waals surface area contributed by atoms with E-state index in [4.69, 9.17) is 9.05 Å². The number of hydrogen-bond acceptors (Lipinski definition) is 5. The van der Waals surface area contributed by atoms with Crippen LogP contribution in [0.5, 0.6) is 0 Å². The first-order valence-corrected chi connectivity index (χ1v) is 23.5. The summed E-state index contributed by atoms with van der Waals surface area (Å²) in [5, 5.41) is 0. The fourth-order valence-corrected chi connectivity index (χ4v) is 7.55. The smallest absolute Gasteiger partial charge is 0.329 e. The molecular weight excluding hydrogens is 657 g/mol. The van der Waals surface area contributed by atoms with Crippen molar-refractivity contribution in [2.24, 2.45) is 0 Å². The maximum atomic E-state index is 13.2. The van der Waals surface area contributed by atoms with Gasteiger partial charge in [-0.2, -0.15) is 0 Å². The second-order valence-corrected chi connectivity index (χ2v) is 17.9. The number of likely N-dealkylation sites (N-methyl/N-ethyl adjacent to an activating group) is 1. The zero-order chi connectivity index (χ0) is 37.9. The van der Waals surface area contributed by atoms with E-state index in [0.29, 0.717) is 23.9 Å². The summed E-state index contributed by atoms with van der Waals surface area (Å²) in [5.41, 5.74) is 0. The number of unbranched alkanes of at least 4 members (excludes halogenated alkanes) is 28. The van der Waals surface area contributed by atoms with Crippen molar-refractivity contribution in [3.05, 3.63) is 0 Å². The average Bonchev–Trinajstić information content (AvgIpc) is 3.07. The van der Waals surface area contributed by atoms with Crippen LogP contribution in [0.15, 0.2) is 0 Å². The van der Waals surface area contributed by atoms with Crippen LogP contribution >= 0.6 is 7.82 Å². The molecule has 1 N–H and O–H groups in total. The lowest BCUT2D eigenvalue weighted by atomic mass is 9.99. The molecular formula is C43H87NO6P+.